The fraction of sp³-hybridized carbons (Fsp3) is 0.500. The maximum absolute atomic E-state index is 5.25. The van der Waals surface area contributed by atoms with E-state index in [1.807, 2.05) is 0 Å². The van der Waals surface area contributed by atoms with E-state index in [1.54, 1.807) is 0 Å². The predicted molar refractivity (Wildman–Crippen MR) is 47.9 cm³/mol. The van der Waals surface area contributed by atoms with Crippen LogP contribution in [0, 0.1) is 0 Å². The minimum absolute atomic E-state index is 0.217. The molecule has 0 saturated carbocycles. The van der Waals surface area contributed by atoms with Gasteiger partial charge in [-0.25, -0.2) is 4.98 Å². The molecule has 0 aliphatic carbocycles. The number of nitrogens with one attached hydrogen (secondary N) is 1. The van der Waals surface area contributed by atoms with E-state index in [1.165, 1.54) is 6.33 Å². The Morgan fingerprint density at radius 1 is 1.47 bits per heavy atom. The topological polar surface area (TPSA) is 89.7 Å². The van der Waals surface area contributed by atoms with Gasteiger partial charge >= 0.3 is 0 Å². The summed E-state index contributed by atoms with van der Waals surface area (Å²) in [6.07, 6.45) is 2.34. The molecule has 3 heterocycles. The van der Waals surface area contributed by atoms with E-state index in [-0.39, 0.29) is 5.92 Å². The average Bonchev–Trinajstić information content (AvgIpc) is 3.02. The van der Waals surface area contributed by atoms with Gasteiger partial charge in [0, 0.05) is 6.61 Å². The van der Waals surface area contributed by atoms with Crippen LogP contribution < -0.4 is 0 Å². The van der Waals surface area contributed by atoms with Gasteiger partial charge in [-0.15, -0.1) is 0 Å². The molecule has 1 unspecified atom stereocenters. The van der Waals surface area contributed by atoms with E-state index < -0.39 is 0 Å². The minimum Gasteiger partial charge on any atom is -0.381 e. The van der Waals surface area contributed by atoms with Gasteiger partial charge in [-0.3, -0.25) is 5.10 Å². The first-order valence-corrected chi connectivity index (χ1v) is 4.70. The van der Waals surface area contributed by atoms with Crippen molar-refractivity contribution in [2.75, 3.05) is 13.2 Å². The highest BCUT2D eigenvalue weighted by molar-refractivity contribution is 5.39. The van der Waals surface area contributed by atoms with E-state index in [2.05, 4.69) is 25.3 Å². The molecule has 1 fully saturated rings. The zero-order valence-electron chi connectivity index (χ0n) is 7.88. The van der Waals surface area contributed by atoms with Gasteiger partial charge < -0.3 is 9.26 Å². The highest BCUT2D eigenvalue weighted by Crippen LogP contribution is 2.24. The maximum atomic E-state index is 5.25. The second kappa shape index (κ2) is 3.43. The van der Waals surface area contributed by atoms with Crippen LogP contribution in [0.4, 0.5) is 0 Å². The van der Waals surface area contributed by atoms with Gasteiger partial charge in [0.2, 0.25) is 11.7 Å². The van der Waals surface area contributed by atoms with E-state index in [9.17, 15) is 0 Å². The second-order valence-electron chi connectivity index (χ2n) is 3.35. The molecule has 2 aromatic rings. The van der Waals surface area contributed by atoms with Crippen molar-refractivity contribution in [3.8, 4) is 11.6 Å². The van der Waals surface area contributed by atoms with Crippen molar-refractivity contribution < 1.29 is 9.26 Å². The molecule has 3 rings (SSSR count). The molecule has 0 radical (unpaired) electrons. The Labute approximate surface area is 84.9 Å². The minimum atomic E-state index is 0.217. The van der Waals surface area contributed by atoms with E-state index in [0.717, 1.165) is 13.0 Å². The zero-order chi connectivity index (χ0) is 10.1. The van der Waals surface area contributed by atoms with Gasteiger partial charge in [-0.1, -0.05) is 5.16 Å². The number of hydrogen-bond donors (Lipinski definition) is 1. The number of aromatic amines is 1. The Morgan fingerprint density at radius 3 is 3.20 bits per heavy atom. The summed E-state index contributed by atoms with van der Waals surface area (Å²) in [6, 6.07) is 0. The fourth-order valence-electron chi connectivity index (χ4n) is 1.54. The summed E-state index contributed by atoms with van der Waals surface area (Å²) in [6.45, 7) is 1.41. The molecule has 1 aliphatic rings. The third-order valence-electron chi connectivity index (χ3n) is 2.35. The van der Waals surface area contributed by atoms with Crippen LogP contribution in [0.25, 0.3) is 11.6 Å². The van der Waals surface area contributed by atoms with Crippen LogP contribution in [-0.2, 0) is 4.74 Å². The first-order chi connectivity index (χ1) is 7.43. The molecule has 15 heavy (non-hydrogen) atoms. The number of rotatable bonds is 2. The Hall–Kier alpha value is -1.76. The molecule has 0 amide bonds. The summed E-state index contributed by atoms with van der Waals surface area (Å²) in [4.78, 5) is 8.19. The van der Waals surface area contributed by atoms with Gasteiger partial charge in [-0.05, 0) is 6.42 Å². The zero-order valence-corrected chi connectivity index (χ0v) is 7.88. The normalized spacial score (nSPS) is 20.9. The molecule has 0 bridgehead atoms. The van der Waals surface area contributed by atoms with Crippen molar-refractivity contribution >= 4 is 0 Å². The molecule has 78 valence electrons. The summed E-state index contributed by atoms with van der Waals surface area (Å²) in [5.74, 6) is 1.78. The van der Waals surface area contributed by atoms with Crippen molar-refractivity contribution in [3.05, 3.63) is 12.2 Å². The van der Waals surface area contributed by atoms with Gasteiger partial charge in [0.15, 0.2) is 5.82 Å². The lowest BCUT2D eigenvalue weighted by molar-refractivity contribution is 0.189. The molecule has 2 aromatic heterocycles. The van der Waals surface area contributed by atoms with Crippen molar-refractivity contribution in [1.82, 2.24) is 25.3 Å². The van der Waals surface area contributed by atoms with Crippen LogP contribution in [0.15, 0.2) is 10.9 Å². The Bertz CT molecular complexity index is 432. The number of nitrogens with zero attached hydrogens (tertiary/aromatic N) is 4. The molecule has 7 heteroatoms. The summed E-state index contributed by atoms with van der Waals surface area (Å²) in [5.41, 5.74) is 0. The molecule has 1 atom stereocenters. The van der Waals surface area contributed by atoms with Crippen molar-refractivity contribution in [2.24, 2.45) is 0 Å². The monoisotopic (exact) mass is 207 g/mol. The lowest BCUT2D eigenvalue weighted by Gasteiger charge is -1.96. The first kappa shape index (κ1) is 8.54. The van der Waals surface area contributed by atoms with Crippen LogP contribution in [0.5, 0.6) is 0 Å². The number of hydrogen-bond acceptors (Lipinski definition) is 6. The standard InChI is InChI=1S/C8H9N5O2/c1-2-14-3-5(1)8-11-7(13-15-8)6-9-4-10-12-6/h4-5H,1-3H2,(H,9,10,12). The fourth-order valence-corrected chi connectivity index (χ4v) is 1.54. The second-order valence-corrected chi connectivity index (χ2v) is 3.35. The largest absolute Gasteiger partial charge is 0.381 e. The molecular weight excluding hydrogens is 198 g/mol. The summed E-state index contributed by atoms with van der Waals surface area (Å²) < 4.78 is 10.4. The highest BCUT2D eigenvalue weighted by Gasteiger charge is 2.24. The van der Waals surface area contributed by atoms with Crippen molar-refractivity contribution in [2.45, 2.75) is 12.3 Å². The molecule has 1 saturated heterocycles. The van der Waals surface area contributed by atoms with E-state index in [4.69, 9.17) is 9.26 Å². The lowest BCUT2D eigenvalue weighted by Crippen LogP contribution is -1.97. The Morgan fingerprint density at radius 2 is 2.47 bits per heavy atom. The van der Waals surface area contributed by atoms with E-state index >= 15 is 0 Å². The SMILES string of the molecule is c1n[nH]c(-c2noc(C3CCOC3)n2)n1. The molecule has 7 nitrogen and oxygen atoms in total. The third kappa shape index (κ3) is 1.50. The third-order valence-corrected chi connectivity index (χ3v) is 2.35. The summed E-state index contributed by atoms with van der Waals surface area (Å²) in [5, 5.41) is 10.2. The average molecular weight is 207 g/mol. The number of H-pyrrole nitrogens is 1. The van der Waals surface area contributed by atoms with Gasteiger partial charge in [-0.2, -0.15) is 10.1 Å². The summed E-state index contributed by atoms with van der Waals surface area (Å²) in [7, 11) is 0. The van der Waals surface area contributed by atoms with Crippen LogP contribution in [0.2, 0.25) is 0 Å². The number of ether oxygens (including phenoxy) is 1. The number of aromatic nitrogens is 5. The van der Waals surface area contributed by atoms with Crippen molar-refractivity contribution in [3.63, 3.8) is 0 Å². The van der Waals surface area contributed by atoms with Crippen molar-refractivity contribution in [1.29, 1.82) is 0 Å². The van der Waals surface area contributed by atoms with Crippen LogP contribution >= 0.6 is 0 Å². The highest BCUT2D eigenvalue weighted by atomic mass is 16.5. The Balaban J connectivity index is 1.87. The molecule has 1 N–H and O–H groups in total. The maximum Gasteiger partial charge on any atom is 0.239 e. The lowest BCUT2D eigenvalue weighted by atomic mass is 10.1. The molecule has 0 aromatic carbocycles. The van der Waals surface area contributed by atoms with Gasteiger partial charge in [0.05, 0.1) is 12.5 Å². The predicted octanol–water partition coefficient (Wildman–Crippen LogP) is 0.359. The molecule has 0 spiro atoms. The van der Waals surface area contributed by atoms with Crippen LogP contribution in [0.1, 0.15) is 18.2 Å². The quantitative estimate of drug-likeness (QED) is 0.764. The van der Waals surface area contributed by atoms with Crippen LogP contribution in [0.3, 0.4) is 0 Å². The summed E-state index contributed by atoms with van der Waals surface area (Å²) >= 11 is 0. The van der Waals surface area contributed by atoms with Gasteiger partial charge in [0.25, 0.3) is 0 Å². The first-order valence-electron chi connectivity index (χ1n) is 4.70. The van der Waals surface area contributed by atoms with Gasteiger partial charge in [0.1, 0.15) is 6.33 Å². The molecule has 1 aliphatic heterocycles. The van der Waals surface area contributed by atoms with E-state index in [0.29, 0.717) is 24.1 Å². The smallest absolute Gasteiger partial charge is 0.239 e. The molecular formula is C8H9N5O2. The Kier molecular flexibility index (Phi) is 1.95. The van der Waals surface area contributed by atoms with Crippen LogP contribution in [-0.4, -0.2) is 38.5 Å².